The van der Waals surface area contributed by atoms with E-state index in [9.17, 15) is 0 Å². The first-order valence-electron chi connectivity index (χ1n) is 9.36. The van der Waals surface area contributed by atoms with Gasteiger partial charge in [-0.2, -0.15) is 10.2 Å². The lowest BCUT2D eigenvalue weighted by Gasteiger charge is -2.05. The first-order valence-corrected chi connectivity index (χ1v) is 10.1. The van der Waals surface area contributed by atoms with Crippen molar-refractivity contribution in [3.05, 3.63) is 117 Å². The summed E-state index contributed by atoms with van der Waals surface area (Å²) >= 11 is 12.6. The first-order chi connectivity index (χ1) is 14.6. The summed E-state index contributed by atoms with van der Waals surface area (Å²) in [5.74, 6) is 0. The number of aromatic nitrogens is 2. The Labute approximate surface area is 185 Å². The van der Waals surface area contributed by atoms with Gasteiger partial charge in [-0.05, 0) is 31.2 Å². The molecule has 0 bridgehead atoms. The van der Waals surface area contributed by atoms with Crippen molar-refractivity contribution < 1.29 is 0 Å². The van der Waals surface area contributed by atoms with Crippen molar-refractivity contribution >= 4 is 35.1 Å². The zero-order chi connectivity index (χ0) is 20.9. The Morgan fingerprint density at radius 2 is 1.40 bits per heavy atom. The van der Waals surface area contributed by atoms with E-state index in [1.165, 1.54) is 0 Å². The third-order valence-corrected chi connectivity index (χ3v) is 5.17. The molecule has 0 fully saturated rings. The van der Waals surface area contributed by atoms with Crippen molar-refractivity contribution in [1.82, 2.24) is 9.78 Å². The molecule has 0 unspecified atom stereocenters. The maximum absolute atomic E-state index is 6.58. The molecule has 0 aliphatic rings. The van der Waals surface area contributed by atoms with E-state index in [2.05, 4.69) is 15.3 Å². The van der Waals surface area contributed by atoms with Crippen LogP contribution in [0.3, 0.4) is 0 Å². The molecule has 0 saturated heterocycles. The maximum Gasteiger partial charge on any atom is 0.142 e. The minimum Gasteiger partial charge on any atom is -0.221 e. The van der Waals surface area contributed by atoms with Gasteiger partial charge in [0.05, 0.1) is 23.2 Å². The highest BCUT2D eigenvalue weighted by Gasteiger charge is 2.13. The van der Waals surface area contributed by atoms with Crippen molar-refractivity contribution in [2.24, 2.45) is 10.2 Å². The van der Waals surface area contributed by atoms with Crippen LogP contribution < -0.4 is 0 Å². The molecule has 0 amide bonds. The smallest absolute Gasteiger partial charge is 0.142 e. The lowest BCUT2D eigenvalue weighted by atomic mass is 10.0. The third kappa shape index (κ3) is 4.35. The highest BCUT2D eigenvalue weighted by atomic mass is 35.5. The second-order valence-corrected chi connectivity index (χ2v) is 7.40. The molecule has 0 N–H and O–H groups in total. The van der Waals surface area contributed by atoms with Crippen LogP contribution in [0, 0.1) is 6.92 Å². The molecule has 4 aromatic rings. The molecule has 6 heteroatoms. The molecule has 4 nitrogen and oxygen atoms in total. The fraction of sp³-hybridized carbons (Fsp3) is 0.0417. The van der Waals surface area contributed by atoms with E-state index in [1.54, 1.807) is 23.0 Å². The Balaban J connectivity index is 1.70. The van der Waals surface area contributed by atoms with Crippen LogP contribution in [0.4, 0.5) is 0 Å². The van der Waals surface area contributed by atoms with Gasteiger partial charge in [-0.25, -0.2) is 4.68 Å². The van der Waals surface area contributed by atoms with Gasteiger partial charge in [-0.3, -0.25) is 0 Å². The molecule has 0 saturated carbocycles. The maximum atomic E-state index is 6.58. The molecule has 0 aliphatic heterocycles. The molecule has 0 atom stereocenters. The fourth-order valence-electron chi connectivity index (χ4n) is 3.03. The van der Waals surface area contributed by atoms with Crippen molar-refractivity contribution in [3.8, 4) is 5.69 Å². The predicted molar refractivity (Wildman–Crippen MR) is 124 cm³/mol. The van der Waals surface area contributed by atoms with E-state index in [0.717, 1.165) is 33.8 Å². The van der Waals surface area contributed by atoms with E-state index in [4.69, 9.17) is 23.2 Å². The van der Waals surface area contributed by atoms with Crippen molar-refractivity contribution in [3.63, 3.8) is 0 Å². The SMILES string of the molecule is Cc1nn(-c2ccc(Cl)cc2)c(Cl)c1/C=N\N=C(c1ccccc1)c1ccccc1. The van der Waals surface area contributed by atoms with Gasteiger partial charge >= 0.3 is 0 Å². The number of hydrogen-bond donors (Lipinski definition) is 0. The minimum absolute atomic E-state index is 0.467. The van der Waals surface area contributed by atoms with Crippen LogP contribution in [0.15, 0.2) is 95.1 Å². The number of rotatable bonds is 5. The summed E-state index contributed by atoms with van der Waals surface area (Å²) in [6.45, 7) is 1.89. The fourth-order valence-corrected chi connectivity index (χ4v) is 3.48. The average Bonchev–Trinajstić information content (AvgIpc) is 3.06. The Bertz CT molecular complexity index is 1150. The third-order valence-electron chi connectivity index (χ3n) is 4.56. The van der Waals surface area contributed by atoms with Gasteiger partial charge in [-0.15, -0.1) is 5.10 Å². The average molecular weight is 433 g/mol. The normalized spacial score (nSPS) is 11.0. The summed E-state index contributed by atoms with van der Waals surface area (Å²) in [7, 11) is 0. The van der Waals surface area contributed by atoms with Crippen molar-refractivity contribution in [1.29, 1.82) is 0 Å². The molecular weight excluding hydrogens is 415 g/mol. The molecule has 0 radical (unpaired) electrons. The van der Waals surface area contributed by atoms with Gasteiger partial charge in [0.25, 0.3) is 0 Å². The lowest BCUT2D eigenvalue weighted by molar-refractivity contribution is 0.863. The summed E-state index contributed by atoms with van der Waals surface area (Å²) < 4.78 is 1.66. The second-order valence-electron chi connectivity index (χ2n) is 6.60. The quantitative estimate of drug-likeness (QED) is 0.267. The monoisotopic (exact) mass is 432 g/mol. The number of aryl methyl sites for hydroxylation is 1. The van der Waals surface area contributed by atoms with E-state index >= 15 is 0 Å². The molecule has 1 heterocycles. The Morgan fingerprint density at radius 3 is 1.97 bits per heavy atom. The van der Waals surface area contributed by atoms with Gasteiger partial charge < -0.3 is 0 Å². The van der Waals surface area contributed by atoms with Gasteiger partial charge in [-0.1, -0.05) is 83.9 Å². The van der Waals surface area contributed by atoms with Gasteiger partial charge in [0.2, 0.25) is 0 Å². The van der Waals surface area contributed by atoms with Crippen LogP contribution in [0.25, 0.3) is 5.69 Å². The number of hydrogen-bond acceptors (Lipinski definition) is 3. The van der Waals surface area contributed by atoms with Crippen LogP contribution >= 0.6 is 23.2 Å². The largest absolute Gasteiger partial charge is 0.221 e. The molecule has 148 valence electrons. The summed E-state index contributed by atoms with van der Waals surface area (Å²) in [6.07, 6.45) is 1.64. The summed E-state index contributed by atoms with van der Waals surface area (Å²) in [4.78, 5) is 0. The molecular formula is C24H18Cl2N4. The molecule has 3 aromatic carbocycles. The Hall–Kier alpha value is -3.21. The van der Waals surface area contributed by atoms with Crippen LogP contribution in [0.2, 0.25) is 10.2 Å². The summed E-state index contributed by atoms with van der Waals surface area (Å²) in [5.41, 5.74) is 5.06. The van der Waals surface area contributed by atoms with Gasteiger partial charge in [0, 0.05) is 16.1 Å². The number of benzene rings is 3. The van der Waals surface area contributed by atoms with E-state index in [0.29, 0.717) is 10.2 Å². The van der Waals surface area contributed by atoms with Crippen LogP contribution in [-0.2, 0) is 0 Å². The molecule has 1 aromatic heterocycles. The van der Waals surface area contributed by atoms with E-state index in [-0.39, 0.29) is 0 Å². The van der Waals surface area contributed by atoms with E-state index in [1.807, 2.05) is 79.7 Å². The lowest BCUT2D eigenvalue weighted by Crippen LogP contribution is -2.02. The number of halogens is 2. The molecule has 4 rings (SSSR count). The van der Waals surface area contributed by atoms with Crippen LogP contribution in [-0.4, -0.2) is 21.7 Å². The highest BCUT2D eigenvalue weighted by Crippen LogP contribution is 2.23. The van der Waals surface area contributed by atoms with Crippen LogP contribution in [0.5, 0.6) is 0 Å². The first kappa shape index (κ1) is 20.1. The summed E-state index contributed by atoms with van der Waals surface area (Å²) in [6, 6.07) is 27.3. The molecule has 0 aliphatic carbocycles. The van der Waals surface area contributed by atoms with Gasteiger partial charge in [0.1, 0.15) is 10.9 Å². The second kappa shape index (κ2) is 9.08. The van der Waals surface area contributed by atoms with E-state index < -0.39 is 0 Å². The zero-order valence-corrected chi connectivity index (χ0v) is 17.7. The predicted octanol–water partition coefficient (Wildman–Crippen LogP) is 6.36. The molecule has 30 heavy (non-hydrogen) atoms. The summed E-state index contributed by atoms with van der Waals surface area (Å²) in [5, 5.41) is 14.5. The standard InChI is InChI=1S/C24H18Cl2N4/c1-17-22(24(26)30(29-17)21-14-12-20(25)13-15-21)16-27-28-23(18-8-4-2-5-9-18)19-10-6-3-7-11-19/h2-16H,1H3/b27-16-. The van der Waals surface area contributed by atoms with Crippen molar-refractivity contribution in [2.75, 3.05) is 0 Å². The zero-order valence-electron chi connectivity index (χ0n) is 16.2. The minimum atomic E-state index is 0.467. The Morgan fingerprint density at radius 1 is 0.833 bits per heavy atom. The van der Waals surface area contributed by atoms with Crippen molar-refractivity contribution in [2.45, 2.75) is 6.92 Å². The number of nitrogens with zero attached hydrogens (tertiary/aromatic N) is 4. The van der Waals surface area contributed by atoms with Gasteiger partial charge in [0.15, 0.2) is 0 Å². The van der Waals surface area contributed by atoms with Crippen LogP contribution in [0.1, 0.15) is 22.4 Å². The topological polar surface area (TPSA) is 42.5 Å². The Kier molecular flexibility index (Phi) is 6.07. The highest BCUT2D eigenvalue weighted by molar-refractivity contribution is 6.32. The molecule has 0 spiro atoms.